The second kappa shape index (κ2) is 7.97. The Kier molecular flexibility index (Phi) is 5.73. The van der Waals surface area contributed by atoms with Gasteiger partial charge in [0, 0.05) is 17.3 Å². The van der Waals surface area contributed by atoms with Crippen LogP contribution in [0.5, 0.6) is 0 Å². The highest BCUT2D eigenvalue weighted by Gasteiger charge is 2.12. The lowest BCUT2D eigenvalue weighted by atomic mass is 10.1. The third-order valence-corrected chi connectivity index (χ3v) is 3.34. The molecule has 2 amide bonds. The molecule has 0 unspecified atom stereocenters. The fourth-order valence-corrected chi connectivity index (χ4v) is 1.99. The van der Waals surface area contributed by atoms with Crippen molar-refractivity contribution < 1.29 is 9.59 Å². The van der Waals surface area contributed by atoms with Crippen LogP contribution in [0.25, 0.3) is 0 Å². The average molecular weight is 328 g/mol. The van der Waals surface area contributed by atoms with Gasteiger partial charge < -0.3 is 10.6 Å². The van der Waals surface area contributed by atoms with E-state index in [-0.39, 0.29) is 0 Å². The van der Waals surface area contributed by atoms with E-state index in [9.17, 15) is 9.59 Å². The van der Waals surface area contributed by atoms with Gasteiger partial charge >= 0.3 is 11.8 Å². The summed E-state index contributed by atoms with van der Waals surface area (Å²) in [6.07, 6.45) is 0.604. The van der Waals surface area contributed by atoms with Crippen LogP contribution in [-0.2, 0) is 16.0 Å². The smallest absolute Gasteiger partial charge is 0.313 e. The molecule has 0 atom stereocenters. The SMILES string of the molecule is N#Cc1ccc(NC(=O)C(=O)NCCc2ccc(Cl)cc2)cc1. The molecule has 2 aromatic carbocycles. The first-order chi connectivity index (χ1) is 11.1. The molecule has 5 nitrogen and oxygen atoms in total. The molecule has 6 heteroatoms. The van der Waals surface area contributed by atoms with Gasteiger partial charge in [-0.1, -0.05) is 23.7 Å². The largest absolute Gasteiger partial charge is 0.347 e. The van der Waals surface area contributed by atoms with E-state index in [1.54, 1.807) is 36.4 Å². The van der Waals surface area contributed by atoms with E-state index in [4.69, 9.17) is 16.9 Å². The number of carbonyl (C=O) groups excluding carboxylic acids is 2. The predicted octanol–water partition coefficient (Wildman–Crippen LogP) is 2.51. The van der Waals surface area contributed by atoms with Gasteiger partial charge in [0.15, 0.2) is 0 Å². The molecule has 0 bridgehead atoms. The van der Waals surface area contributed by atoms with Gasteiger partial charge in [0.2, 0.25) is 0 Å². The molecule has 0 heterocycles. The molecule has 0 saturated carbocycles. The van der Waals surface area contributed by atoms with Crippen LogP contribution in [0.1, 0.15) is 11.1 Å². The van der Waals surface area contributed by atoms with E-state index in [2.05, 4.69) is 10.6 Å². The zero-order chi connectivity index (χ0) is 16.7. The van der Waals surface area contributed by atoms with Crippen molar-refractivity contribution in [1.82, 2.24) is 5.32 Å². The molecule has 2 rings (SSSR count). The number of anilines is 1. The van der Waals surface area contributed by atoms with Crippen molar-refractivity contribution in [2.24, 2.45) is 0 Å². The first kappa shape index (κ1) is 16.5. The van der Waals surface area contributed by atoms with Gasteiger partial charge in [-0.15, -0.1) is 0 Å². The number of carbonyl (C=O) groups is 2. The Bertz CT molecular complexity index is 734. The summed E-state index contributed by atoms with van der Waals surface area (Å²) in [6.45, 7) is 0.348. The van der Waals surface area contributed by atoms with Crippen molar-refractivity contribution in [2.45, 2.75) is 6.42 Å². The van der Waals surface area contributed by atoms with Crippen molar-refractivity contribution >= 4 is 29.1 Å². The molecule has 2 aromatic rings. The van der Waals surface area contributed by atoms with Crippen LogP contribution in [0.15, 0.2) is 48.5 Å². The average Bonchev–Trinajstić information content (AvgIpc) is 2.57. The van der Waals surface area contributed by atoms with Crippen molar-refractivity contribution in [3.05, 3.63) is 64.7 Å². The second-order valence-corrected chi connectivity index (χ2v) is 5.21. The van der Waals surface area contributed by atoms with Crippen molar-refractivity contribution in [3.8, 4) is 6.07 Å². The molecule has 23 heavy (non-hydrogen) atoms. The third-order valence-electron chi connectivity index (χ3n) is 3.09. The van der Waals surface area contributed by atoms with Crippen LogP contribution < -0.4 is 10.6 Å². The summed E-state index contributed by atoms with van der Waals surface area (Å²) < 4.78 is 0. The molecule has 0 aliphatic heterocycles. The monoisotopic (exact) mass is 327 g/mol. The van der Waals surface area contributed by atoms with Gasteiger partial charge in [0.05, 0.1) is 11.6 Å². The molecule has 0 spiro atoms. The van der Waals surface area contributed by atoms with Crippen molar-refractivity contribution in [3.63, 3.8) is 0 Å². The molecule has 0 radical (unpaired) electrons. The molecule has 0 aliphatic carbocycles. The molecule has 0 aromatic heterocycles. The third kappa shape index (κ3) is 5.13. The van der Waals surface area contributed by atoms with E-state index < -0.39 is 11.8 Å². The normalized spacial score (nSPS) is 9.74. The lowest BCUT2D eigenvalue weighted by molar-refractivity contribution is -0.136. The van der Waals surface area contributed by atoms with Crippen LogP contribution in [0.3, 0.4) is 0 Å². The quantitative estimate of drug-likeness (QED) is 0.846. The van der Waals surface area contributed by atoms with Gasteiger partial charge in [0.25, 0.3) is 0 Å². The number of nitriles is 1. The molecule has 116 valence electrons. The maximum Gasteiger partial charge on any atom is 0.313 e. The first-order valence-electron chi connectivity index (χ1n) is 6.92. The Morgan fingerprint density at radius 1 is 1.00 bits per heavy atom. The Labute approximate surface area is 138 Å². The van der Waals surface area contributed by atoms with E-state index in [1.807, 2.05) is 18.2 Å². The Hall–Kier alpha value is -2.84. The van der Waals surface area contributed by atoms with Gasteiger partial charge in [-0.3, -0.25) is 9.59 Å². The minimum absolute atomic E-state index is 0.348. The highest BCUT2D eigenvalue weighted by molar-refractivity contribution is 6.39. The van der Waals surface area contributed by atoms with E-state index >= 15 is 0 Å². The molecule has 0 aliphatic rings. The summed E-state index contributed by atoms with van der Waals surface area (Å²) in [5, 5.41) is 14.4. The molecular formula is C17H14ClN3O2. The standard InChI is InChI=1S/C17H14ClN3O2/c18-14-5-1-12(2-6-14)9-10-20-16(22)17(23)21-15-7-3-13(11-19)4-8-15/h1-8H,9-10H2,(H,20,22)(H,21,23). The van der Waals surface area contributed by atoms with Crippen LogP contribution in [0.4, 0.5) is 5.69 Å². The zero-order valence-electron chi connectivity index (χ0n) is 12.2. The number of hydrogen-bond donors (Lipinski definition) is 2. The summed E-state index contributed by atoms with van der Waals surface area (Å²) in [7, 11) is 0. The summed E-state index contributed by atoms with van der Waals surface area (Å²) in [6, 6.07) is 15.5. The predicted molar refractivity (Wildman–Crippen MR) is 88.0 cm³/mol. The van der Waals surface area contributed by atoms with Crippen molar-refractivity contribution in [1.29, 1.82) is 5.26 Å². The number of nitrogens with zero attached hydrogens (tertiary/aromatic N) is 1. The van der Waals surface area contributed by atoms with Crippen LogP contribution >= 0.6 is 11.6 Å². The van der Waals surface area contributed by atoms with Crippen LogP contribution in [0.2, 0.25) is 5.02 Å². The van der Waals surface area contributed by atoms with Crippen LogP contribution in [0, 0.1) is 11.3 Å². The van der Waals surface area contributed by atoms with Gasteiger partial charge in [-0.2, -0.15) is 5.26 Å². The highest BCUT2D eigenvalue weighted by atomic mass is 35.5. The maximum atomic E-state index is 11.7. The first-order valence-corrected chi connectivity index (χ1v) is 7.30. The molecule has 2 N–H and O–H groups in total. The number of hydrogen-bond acceptors (Lipinski definition) is 3. The van der Waals surface area contributed by atoms with Gasteiger partial charge in [-0.05, 0) is 48.4 Å². The highest BCUT2D eigenvalue weighted by Crippen LogP contribution is 2.10. The fourth-order valence-electron chi connectivity index (χ4n) is 1.87. The van der Waals surface area contributed by atoms with Crippen LogP contribution in [-0.4, -0.2) is 18.4 Å². The lowest BCUT2D eigenvalue weighted by Crippen LogP contribution is -2.36. The summed E-state index contributed by atoms with van der Waals surface area (Å²) in [4.78, 5) is 23.5. The van der Waals surface area contributed by atoms with E-state index in [1.165, 1.54) is 0 Å². The molecule has 0 fully saturated rings. The van der Waals surface area contributed by atoms with Gasteiger partial charge in [-0.25, -0.2) is 0 Å². The van der Waals surface area contributed by atoms with Gasteiger partial charge in [0.1, 0.15) is 0 Å². The zero-order valence-corrected chi connectivity index (χ0v) is 12.9. The number of rotatable bonds is 4. The Morgan fingerprint density at radius 3 is 2.26 bits per heavy atom. The lowest BCUT2D eigenvalue weighted by Gasteiger charge is -2.07. The topological polar surface area (TPSA) is 82.0 Å². The number of nitrogens with one attached hydrogen (secondary N) is 2. The summed E-state index contributed by atoms with van der Waals surface area (Å²) in [5.41, 5.74) is 1.96. The Morgan fingerprint density at radius 2 is 1.65 bits per heavy atom. The Balaban J connectivity index is 1.79. The van der Waals surface area contributed by atoms with E-state index in [0.29, 0.717) is 29.2 Å². The van der Waals surface area contributed by atoms with E-state index in [0.717, 1.165) is 5.56 Å². The van der Waals surface area contributed by atoms with Crippen molar-refractivity contribution in [2.75, 3.05) is 11.9 Å². The minimum Gasteiger partial charge on any atom is -0.347 e. The summed E-state index contributed by atoms with van der Waals surface area (Å²) >= 11 is 5.79. The maximum absolute atomic E-state index is 11.7. The number of amides is 2. The minimum atomic E-state index is -0.745. The fraction of sp³-hybridized carbons (Fsp3) is 0.118. The molecular weight excluding hydrogens is 314 g/mol. The number of benzene rings is 2. The number of halogens is 1. The summed E-state index contributed by atoms with van der Waals surface area (Å²) in [5.74, 6) is -1.45. The second-order valence-electron chi connectivity index (χ2n) is 4.78. The molecule has 0 saturated heterocycles.